The van der Waals surface area contributed by atoms with Crippen LogP contribution in [0.2, 0.25) is 0 Å². The molecule has 6 heteroatoms. The highest BCUT2D eigenvalue weighted by molar-refractivity contribution is 5.90. The highest BCUT2D eigenvalue weighted by atomic mass is 19.1. The molecule has 1 aromatic heterocycles. The molecule has 0 aliphatic rings. The first-order chi connectivity index (χ1) is 10.2. The zero-order valence-electron chi connectivity index (χ0n) is 11.3. The summed E-state index contributed by atoms with van der Waals surface area (Å²) in [4.78, 5) is 8.84. The van der Waals surface area contributed by atoms with Crippen LogP contribution in [-0.4, -0.2) is 17.1 Å². The average molecular weight is 284 g/mol. The van der Waals surface area contributed by atoms with Gasteiger partial charge in [-0.15, -0.1) is 0 Å². The number of halogens is 1. The number of nitrogen functional groups attached to an aromatic ring is 1. The van der Waals surface area contributed by atoms with Crippen LogP contribution < -0.4 is 16.0 Å². The molecule has 0 spiro atoms. The number of fused-ring (bicyclic) bond motifs is 1. The summed E-state index contributed by atoms with van der Waals surface area (Å²) in [5.74, 6) is 6.19. The van der Waals surface area contributed by atoms with Gasteiger partial charge in [-0.2, -0.15) is 0 Å². The van der Waals surface area contributed by atoms with Gasteiger partial charge in [-0.3, -0.25) is 0 Å². The van der Waals surface area contributed by atoms with Crippen LogP contribution in [0.4, 0.5) is 10.2 Å². The van der Waals surface area contributed by atoms with E-state index < -0.39 is 5.82 Å². The predicted octanol–water partition coefficient (Wildman–Crippen LogP) is 2.73. The summed E-state index contributed by atoms with van der Waals surface area (Å²) in [5, 5.41) is 0.817. The summed E-state index contributed by atoms with van der Waals surface area (Å²) >= 11 is 0. The molecule has 0 aliphatic heterocycles. The fourth-order valence-corrected chi connectivity index (χ4v) is 2.11. The molecule has 0 unspecified atom stereocenters. The number of rotatable bonds is 3. The third-order valence-electron chi connectivity index (χ3n) is 3.15. The standard InChI is InChI=1S/C15H13FN4O/c1-21-13-8-9(6-7-11(13)16)14-18-12-5-3-2-4-10(12)15(19-14)20-17/h2-8H,17H2,1H3,(H,18,19,20). The minimum Gasteiger partial charge on any atom is -0.494 e. The Hall–Kier alpha value is -2.73. The number of nitrogens with zero attached hydrogens (tertiary/aromatic N) is 2. The molecule has 2 aromatic carbocycles. The van der Waals surface area contributed by atoms with E-state index in [1.165, 1.54) is 13.2 Å². The number of hydrogen-bond donors (Lipinski definition) is 2. The molecule has 0 aliphatic carbocycles. The van der Waals surface area contributed by atoms with Crippen molar-refractivity contribution < 1.29 is 9.13 Å². The van der Waals surface area contributed by atoms with Gasteiger partial charge in [0.05, 0.1) is 12.6 Å². The van der Waals surface area contributed by atoms with Gasteiger partial charge in [-0.05, 0) is 30.3 Å². The molecule has 21 heavy (non-hydrogen) atoms. The van der Waals surface area contributed by atoms with Crippen LogP contribution in [0.1, 0.15) is 0 Å². The molecule has 106 valence electrons. The second kappa shape index (κ2) is 5.34. The Morgan fingerprint density at radius 1 is 1.14 bits per heavy atom. The van der Waals surface area contributed by atoms with Gasteiger partial charge in [0.25, 0.3) is 0 Å². The van der Waals surface area contributed by atoms with E-state index in [-0.39, 0.29) is 5.75 Å². The number of ether oxygens (including phenoxy) is 1. The lowest BCUT2D eigenvalue weighted by Gasteiger charge is -2.09. The molecule has 0 saturated heterocycles. The van der Waals surface area contributed by atoms with Crippen LogP contribution in [0.3, 0.4) is 0 Å². The number of nitrogens with one attached hydrogen (secondary N) is 1. The van der Waals surface area contributed by atoms with Crippen molar-refractivity contribution >= 4 is 16.7 Å². The SMILES string of the molecule is COc1cc(-c2nc(NN)c3ccccc3n2)ccc1F. The lowest BCUT2D eigenvalue weighted by Crippen LogP contribution is -2.10. The minimum atomic E-state index is -0.431. The summed E-state index contributed by atoms with van der Waals surface area (Å²) in [6, 6.07) is 12.0. The molecule has 0 fully saturated rings. The fourth-order valence-electron chi connectivity index (χ4n) is 2.11. The lowest BCUT2D eigenvalue weighted by atomic mass is 10.1. The highest BCUT2D eigenvalue weighted by Gasteiger charge is 2.11. The number of anilines is 1. The Labute approximate surface area is 120 Å². The molecule has 0 radical (unpaired) electrons. The predicted molar refractivity (Wildman–Crippen MR) is 79.3 cm³/mol. The summed E-state index contributed by atoms with van der Waals surface area (Å²) < 4.78 is 18.5. The molecule has 3 aromatic rings. The number of para-hydroxylation sites is 1. The fraction of sp³-hybridized carbons (Fsp3) is 0.0667. The van der Waals surface area contributed by atoms with E-state index in [0.717, 1.165) is 10.9 Å². The Kier molecular flexibility index (Phi) is 3.37. The van der Waals surface area contributed by atoms with Gasteiger partial charge < -0.3 is 10.2 Å². The molecule has 0 bridgehead atoms. The Balaban J connectivity index is 2.20. The van der Waals surface area contributed by atoms with Crippen molar-refractivity contribution in [1.29, 1.82) is 0 Å². The Bertz CT molecular complexity index is 807. The van der Waals surface area contributed by atoms with Gasteiger partial charge in [-0.25, -0.2) is 20.2 Å². The van der Waals surface area contributed by atoms with E-state index in [0.29, 0.717) is 17.2 Å². The van der Waals surface area contributed by atoms with Crippen molar-refractivity contribution in [2.75, 3.05) is 12.5 Å². The van der Waals surface area contributed by atoms with Crippen LogP contribution in [0.5, 0.6) is 5.75 Å². The highest BCUT2D eigenvalue weighted by Crippen LogP contribution is 2.27. The van der Waals surface area contributed by atoms with Crippen LogP contribution in [0, 0.1) is 5.82 Å². The van der Waals surface area contributed by atoms with Crippen LogP contribution >= 0.6 is 0 Å². The molecular formula is C15H13FN4O. The van der Waals surface area contributed by atoms with Gasteiger partial charge in [0.2, 0.25) is 0 Å². The third kappa shape index (κ3) is 2.36. The van der Waals surface area contributed by atoms with E-state index in [4.69, 9.17) is 10.6 Å². The third-order valence-corrected chi connectivity index (χ3v) is 3.15. The van der Waals surface area contributed by atoms with Crippen LogP contribution in [0.15, 0.2) is 42.5 Å². The summed E-state index contributed by atoms with van der Waals surface area (Å²) in [6.45, 7) is 0. The molecule has 3 rings (SSSR count). The molecular weight excluding hydrogens is 271 g/mol. The van der Waals surface area contributed by atoms with Crippen molar-refractivity contribution in [2.45, 2.75) is 0 Å². The maximum atomic E-state index is 13.5. The summed E-state index contributed by atoms with van der Waals surface area (Å²) in [6.07, 6.45) is 0. The molecule has 0 saturated carbocycles. The topological polar surface area (TPSA) is 73.1 Å². The largest absolute Gasteiger partial charge is 0.494 e. The van der Waals surface area contributed by atoms with Crippen molar-refractivity contribution in [3.8, 4) is 17.1 Å². The van der Waals surface area contributed by atoms with E-state index in [2.05, 4.69) is 15.4 Å². The second-order valence-corrected chi connectivity index (χ2v) is 4.41. The van der Waals surface area contributed by atoms with Crippen molar-refractivity contribution in [3.63, 3.8) is 0 Å². The van der Waals surface area contributed by atoms with Gasteiger partial charge >= 0.3 is 0 Å². The average Bonchev–Trinajstić information content (AvgIpc) is 2.54. The number of methoxy groups -OCH3 is 1. The van der Waals surface area contributed by atoms with Crippen molar-refractivity contribution in [3.05, 3.63) is 48.3 Å². The zero-order valence-corrected chi connectivity index (χ0v) is 11.3. The zero-order chi connectivity index (χ0) is 14.8. The number of benzene rings is 2. The molecule has 0 amide bonds. The van der Waals surface area contributed by atoms with Crippen LogP contribution in [-0.2, 0) is 0 Å². The number of nitrogens with two attached hydrogens (primary N) is 1. The monoisotopic (exact) mass is 284 g/mol. The van der Waals surface area contributed by atoms with E-state index in [9.17, 15) is 4.39 Å². The minimum absolute atomic E-state index is 0.145. The van der Waals surface area contributed by atoms with E-state index >= 15 is 0 Å². The first kappa shape index (κ1) is 13.3. The smallest absolute Gasteiger partial charge is 0.165 e. The van der Waals surface area contributed by atoms with Gasteiger partial charge in [-0.1, -0.05) is 12.1 Å². The lowest BCUT2D eigenvalue weighted by molar-refractivity contribution is 0.387. The van der Waals surface area contributed by atoms with Gasteiger partial charge in [0.1, 0.15) is 0 Å². The Morgan fingerprint density at radius 3 is 2.71 bits per heavy atom. The second-order valence-electron chi connectivity index (χ2n) is 4.41. The molecule has 1 heterocycles. The van der Waals surface area contributed by atoms with Gasteiger partial charge in [0.15, 0.2) is 23.2 Å². The maximum absolute atomic E-state index is 13.5. The van der Waals surface area contributed by atoms with Crippen LogP contribution in [0.25, 0.3) is 22.3 Å². The van der Waals surface area contributed by atoms with E-state index in [1.54, 1.807) is 12.1 Å². The summed E-state index contributed by atoms with van der Waals surface area (Å²) in [7, 11) is 1.41. The quantitative estimate of drug-likeness (QED) is 0.571. The maximum Gasteiger partial charge on any atom is 0.165 e. The van der Waals surface area contributed by atoms with Gasteiger partial charge in [0, 0.05) is 10.9 Å². The number of hydrogen-bond acceptors (Lipinski definition) is 5. The van der Waals surface area contributed by atoms with Crippen molar-refractivity contribution in [2.24, 2.45) is 5.84 Å². The summed E-state index contributed by atoms with van der Waals surface area (Å²) in [5.41, 5.74) is 3.96. The number of hydrazine groups is 1. The van der Waals surface area contributed by atoms with E-state index in [1.807, 2.05) is 24.3 Å². The molecule has 3 N–H and O–H groups in total. The Morgan fingerprint density at radius 2 is 1.95 bits per heavy atom. The first-order valence-electron chi connectivity index (χ1n) is 6.30. The van der Waals surface area contributed by atoms with Crippen molar-refractivity contribution in [1.82, 2.24) is 9.97 Å². The molecule has 0 atom stereocenters. The first-order valence-corrected chi connectivity index (χ1v) is 6.30. The normalized spacial score (nSPS) is 10.6. The number of aromatic nitrogens is 2. The molecule has 5 nitrogen and oxygen atoms in total.